The van der Waals surface area contributed by atoms with E-state index in [0.717, 1.165) is 5.69 Å². The molecule has 0 saturated carbocycles. The Kier molecular flexibility index (Phi) is 4.45. The summed E-state index contributed by atoms with van der Waals surface area (Å²) < 4.78 is 1.50. The quantitative estimate of drug-likeness (QED) is 0.687. The fourth-order valence-electron chi connectivity index (χ4n) is 1.53. The van der Waals surface area contributed by atoms with Crippen molar-refractivity contribution in [2.75, 3.05) is 26.3 Å². The van der Waals surface area contributed by atoms with E-state index >= 15 is 0 Å². The van der Waals surface area contributed by atoms with E-state index in [1.165, 1.54) is 9.58 Å². The van der Waals surface area contributed by atoms with Gasteiger partial charge >= 0.3 is 0 Å². The van der Waals surface area contributed by atoms with Crippen molar-refractivity contribution in [1.29, 1.82) is 0 Å². The molecule has 1 rings (SSSR count). The summed E-state index contributed by atoms with van der Waals surface area (Å²) in [6.07, 6.45) is 0. The Hall–Kier alpha value is -1.40. The Morgan fingerprint density at radius 2 is 2.00 bits per heavy atom. The van der Waals surface area contributed by atoms with Crippen LogP contribution >= 0.6 is 0 Å². The first-order chi connectivity index (χ1) is 7.60. The number of nitrogens with zero attached hydrogens (tertiary/aromatic N) is 3. The average molecular weight is 227 g/mol. The minimum atomic E-state index is -0.230. The van der Waals surface area contributed by atoms with Crippen LogP contribution in [0.25, 0.3) is 0 Å². The van der Waals surface area contributed by atoms with E-state index in [-0.39, 0.29) is 32.2 Å². The van der Waals surface area contributed by atoms with Gasteiger partial charge in [-0.3, -0.25) is 9.48 Å². The highest BCUT2D eigenvalue weighted by molar-refractivity contribution is 5.92. The van der Waals surface area contributed by atoms with Crippen molar-refractivity contribution in [2.45, 2.75) is 6.92 Å². The number of aliphatic hydroxyl groups excluding tert-OH is 2. The maximum absolute atomic E-state index is 12.0. The van der Waals surface area contributed by atoms with Crippen molar-refractivity contribution in [3.8, 4) is 0 Å². The molecule has 0 atom stereocenters. The predicted octanol–water partition coefficient (Wildman–Crippen LogP) is -0.845. The van der Waals surface area contributed by atoms with Crippen LogP contribution in [-0.2, 0) is 7.05 Å². The van der Waals surface area contributed by atoms with Crippen molar-refractivity contribution < 1.29 is 15.0 Å². The van der Waals surface area contributed by atoms with Gasteiger partial charge in [0.15, 0.2) is 0 Å². The first kappa shape index (κ1) is 12.7. The highest BCUT2D eigenvalue weighted by atomic mass is 16.3. The van der Waals surface area contributed by atoms with Crippen LogP contribution in [0.1, 0.15) is 16.2 Å². The third-order valence-corrected chi connectivity index (χ3v) is 2.25. The van der Waals surface area contributed by atoms with Gasteiger partial charge in [-0.15, -0.1) is 0 Å². The lowest BCUT2D eigenvalue weighted by Crippen LogP contribution is -2.36. The number of hydrogen-bond donors (Lipinski definition) is 2. The molecule has 0 saturated heterocycles. The second-order valence-electron chi connectivity index (χ2n) is 3.53. The van der Waals surface area contributed by atoms with Gasteiger partial charge in [0.2, 0.25) is 0 Å². The average Bonchev–Trinajstić information content (AvgIpc) is 2.56. The van der Waals surface area contributed by atoms with E-state index in [1.54, 1.807) is 20.0 Å². The molecule has 0 bridgehead atoms. The molecule has 1 aromatic rings. The van der Waals surface area contributed by atoms with E-state index in [9.17, 15) is 4.79 Å². The van der Waals surface area contributed by atoms with E-state index in [1.807, 2.05) is 0 Å². The normalized spacial score (nSPS) is 10.5. The van der Waals surface area contributed by atoms with Gasteiger partial charge in [-0.1, -0.05) is 0 Å². The summed E-state index contributed by atoms with van der Waals surface area (Å²) in [5, 5.41) is 21.8. The number of amides is 1. The van der Waals surface area contributed by atoms with Crippen molar-refractivity contribution in [2.24, 2.45) is 7.05 Å². The zero-order valence-corrected chi connectivity index (χ0v) is 9.55. The predicted molar refractivity (Wildman–Crippen MR) is 58.0 cm³/mol. The highest BCUT2D eigenvalue weighted by Gasteiger charge is 2.18. The van der Waals surface area contributed by atoms with Crippen molar-refractivity contribution >= 4 is 5.91 Å². The summed E-state index contributed by atoms with van der Waals surface area (Å²) in [7, 11) is 1.69. The number of aliphatic hydroxyl groups is 2. The standard InChI is InChI=1S/C10H17N3O3/c1-8-7-9(12(2)11-8)10(16)13(3-5-14)4-6-15/h7,14-15H,3-6H2,1-2H3. The Labute approximate surface area is 94.1 Å². The molecule has 0 aliphatic carbocycles. The van der Waals surface area contributed by atoms with Crippen LogP contribution in [0.15, 0.2) is 6.07 Å². The van der Waals surface area contributed by atoms with Gasteiger partial charge in [0, 0.05) is 20.1 Å². The minimum absolute atomic E-state index is 0.122. The second-order valence-corrected chi connectivity index (χ2v) is 3.53. The zero-order valence-electron chi connectivity index (χ0n) is 9.55. The molecule has 0 fully saturated rings. The molecule has 0 spiro atoms. The smallest absolute Gasteiger partial charge is 0.272 e. The van der Waals surface area contributed by atoms with E-state index < -0.39 is 0 Å². The van der Waals surface area contributed by atoms with Crippen LogP contribution in [0.4, 0.5) is 0 Å². The molecule has 0 radical (unpaired) electrons. The number of rotatable bonds is 5. The van der Waals surface area contributed by atoms with Gasteiger partial charge in [-0.05, 0) is 13.0 Å². The van der Waals surface area contributed by atoms with Gasteiger partial charge < -0.3 is 15.1 Å². The molecule has 0 aromatic carbocycles. The lowest BCUT2D eigenvalue weighted by atomic mass is 10.3. The van der Waals surface area contributed by atoms with Crippen LogP contribution in [-0.4, -0.2) is 57.1 Å². The van der Waals surface area contributed by atoms with Crippen molar-refractivity contribution in [3.63, 3.8) is 0 Å². The van der Waals surface area contributed by atoms with Gasteiger partial charge in [0.25, 0.3) is 5.91 Å². The van der Waals surface area contributed by atoms with Gasteiger partial charge in [-0.2, -0.15) is 5.10 Å². The molecule has 0 aliphatic rings. The van der Waals surface area contributed by atoms with Gasteiger partial charge in [-0.25, -0.2) is 0 Å². The van der Waals surface area contributed by atoms with Crippen molar-refractivity contribution in [3.05, 3.63) is 17.5 Å². The molecule has 0 unspecified atom stereocenters. The summed E-state index contributed by atoms with van der Waals surface area (Å²) in [6, 6.07) is 1.68. The fraction of sp³-hybridized carbons (Fsp3) is 0.600. The molecular weight excluding hydrogens is 210 g/mol. The molecule has 1 aromatic heterocycles. The first-order valence-corrected chi connectivity index (χ1v) is 5.11. The van der Waals surface area contributed by atoms with Crippen LogP contribution in [0.2, 0.25) is 0 Å². The monoisotopic (exact) mass is 227 g/mol. The Morgan fingerprint density at radius 1 is 1.44 bits per heavy atom. The molecule has 6 heteroatoms. The molecule has 90 valence electrons. The van der Waals surface area contributed by atoms with Crippen LogP contribution < -0.4 is 0 Å². The van der Waals surface area contributed by atoms with Crippen molar-refractivity contribution in [1.82, 2.24) is 14.7 Å². The molecule has 6 nitrogen and oxygen atoms in total. The maximum Gasteiger partial charge on any atom is 0.272 e. The molecule has 0 aliphatic heterocycles. The summed E-state index contributed by atoms with van der Waals surface area (Å²) in [4.78, 5) is 13.4. The van der Waals surface area contributed by atoms with Crippen LogP contribution in [0.5, 0.6) is 0 Å². The lowest BCUT2D eigenvalue weighted by molar-refractivity contribution is 0.0674. The van der Waals surface area contributed by atoms with E-state index in [0.29, 0.717) is 5.69 Å². The molecule has 1 amide bonds. The minimum Gasteiger partial charge on any atom is -0.395 e. The first-order valence-electron chi connectivity index (χ1n) is 5.11. The Balaban J connectivity index is 2.85. The second kappa shape index (κ2) is 5.62. The van der Waals surface area contributed by atoms with E-state index in [4.69, 9.17) is 10.2 Å². The third kappa shape index (κ3) is 2.80. The topological polar surface area (TPSA) is 78.6 Å². The largest absolute Gasteiger partial charge is 0.395 e. The third-order valence-electron chi connectivity index (χ3n) is 2.25. The van der Waals surface area contributed by atoms with Gasteiger partial charge in [0.1, 0.15) is 5.69 Å². The molecular formula is C10H17N3O3. The molecule has 1 heterocycles. The molecule has 16 heavy (non-hydrogen) atoms. The number of aryl methyl sites for hydroxylation is 2. The fourth-order valence-corrected chi connectivity index (χ4v) is 1.53. The Bertz CT molecular complexity index is 356. The summed E-state index contributed by atoms with van der Waals surface area (Å²) >= 11 is 0. The van der Waals surface area contributed by atoms with Crippen LogP contribution in [0.3, 0.4) is 0 Å². The summed E-state index contributed by atoms with van der Waals surface area (Å²) in [5.74, 6) is -0.230. The highest BCUT2D eigenvalue weighted by Crippen LogP contribution is 2.06. The van der Waals surface area contributed by atoms with Crippen LogP contribution in [0, 0.1) is 6.92 Å². The number of carbonyl (C=O) groups excluding carboxylic acids is 1. The van der Waals surface area contributed by atoms with E-state index in [2.05, 4.69) is 5.10 Å². The maximum atomic E-state index is 12.0. The van der Waals surface area contributed by atoms with Gasteiger partial charge in [0.05, 0.1) is 18.9 Å². The SMILES string of the molecule is Cc1cc(C(=O)N(CCO)CCO)n(C)n1. The summed E-state index contributed by atoms with van der Waals surface area (Å²) in [6.45, 7) is 1.98. The lowest BCUT2D eigenvalue weighted by Gasteiger charge is -2.20. The number of carbonyl (C=O) groups is 1. The zero-order chi connectivity index (χ0) is 12.1. The summed E-state index contributed by atoms with van der Waals surface area (Å²) in [5.41, 5.74) is 1.22. The number of hydrogen-bond acceptors (Lipinski definition) is 4. The molecule has 2 N–H and O–H groups in total. The number of aromatic nitrogens is 2. The Morgan fingerprint density at radius 3 is 2.38 bits per heavy atom.